The molecule has 6 heteroatoms. The number of halogens is 1. The second kappa shape index (κ2) is 4.83. The lowest BCUT2D eigenvalue weighted by molar-refractivity contribution is -0.140. The smallest absolute Gasteiger partial charge is 0.307 e. The summed E-state index contributed by atoms with van der Waals surface area (Å²) in [5, 5.41) is 8.68. The summed E-state index contributed by atoms with van der Waals surface area (Å²) < 4.78 is 36.6. The lowest BCUT2D eigenvalue weighted by Gasteiger charge is -2.10. The summed E-state index contributed by atoms with van der Waals surface area (Å²) in [6, 6.07) is 3.32. The number of hydrogen-bond donors (Lipinski definition) is 1. The third-order valence-electron chi connectivity index (χ3n) is 2.36. The zero-order chi connectivity index (χ0) is 13.2. The van der Waals surface area contributed by atoms with Crippen LogP contribution in [0.15, 0.2) is 23.1 Å². The van der Waals surface area contributed by atoms with E-state index in [2.05, 4.69) is 0 Å². The summed E-state index contributed by atoms with van der Waals surface area (Å²) in [4.78, 5) is 10.6. The van der Waals surface area contributed by atoms with Gasteiger partial charge in [-0.05, 0) is 30.7 Å². The van der Waals surface area contributed by atoms with Gasteiger partial charge in [-0.3, -0.25) is 4.79 Å². The van der Waals surface area contributed by atoms with Crippen molar-refractivity contribution in [1.82, 2.24) is 0 Å². The molecule has 17 heavy (non-hydrogen) atoms. The van der Waals surface area contributed by atoms with Crippen LogP contribution < -0.4 is 0 Å². The molecule has 1 aromatic carbocycles. The minimum Gasteiger partial charge on any atom is -0.481 e. The number of carbonyl (C=O) groups is 1. The summed E-state index contributed by atoms with van der Waals surface area (Å²) in [6.45, 7) is 2.79. The van der Waals surface area contributed by atoms with Crippen molar-refractivity contribution in [1.29, 1.82) is 0 Å². The molecule has 4 nitrogen and oxygen atoms in total. The van der Waals surface area contributed by atoms with Gasteiger partial charge in [0.15, 0.2) is 9.84 Å². The second-order valence-corrected chi connectivity index (χ2v) is 5.93. The van der Waals surface area contributed by atoms with E-state index < -0.39 is 33.3 Å². The number of carboxylic acid groups (broad SMARTS) is 1. The summed E-state index contributed by atoms with van der Waals surface area (Å²) in [5.41, 5.74) is 0.280. The summed E-state index contributed by atoms with van der Waals surface area (Å²) in [6.07, 6.45) is 0. The molecule has 0 saturated carbocycles. The molecule has 0 bridgehead atoms. The van der Waals surface area contributed by atoms with Crippen molar-refractivity contribution in [3.63, 3.8) is 0 Å². The first-order valence-corrected chi connectivity index (χ1v) is 6.61. The zero-order valence-corrected chi connectivity index (χ0v) is 10.3. The van der Waals surface area contributed by atoms with Crippen LogP contribution in [0.5, 0.6) is 0 Å². The zero-order valence-electron chi connectivity index (χ0n) is 9.47. The highest BCUT2D eigenvalue weighted by molar-refractivity contribution is 7.91. The quantitative estimate of drug-likeness (QED) is 0.835. The molecule has 0 aliphatic carbocycles. The number of sulfone groups is 1. The molecule has 0 amide bonds. The van der Waals surface area contributed by atoms with Gasteiger partial charge in [-0.25, -0.2) is 12.8 Å². The standard InChI is InChI=1S/C11H13FO4S/c1-7-5-9(12)3-4-10(7)17(15,16)6-8(2)11(13)14/h3-5,8H,6H2,1-2H3,(H,13,14). The Morgan fingerprint density at radius 3 is 2.53 bits per heavy atom. The molecule has 1 unspecified atom stereocenters. The number of rotatable bonds is 4. The molecular weight excluding hydrogens is 247 g/mol. The number of carboxylic acids is 1. The van der Waals surface area contributed by atoms with E-state index in [4.69, 9.17) is 5.11 Å². The number of aryl methyl sites for hydroxylation is 1. The van der Waals surface area contributed by atoms with Gasteiger partial charge in [0.2, 0.25) is 0 Å². The van der Waals surface area contributed by atoms with Crippen molar-refractivity contribution in [2.24, 2.45) is 5.92 Å². The Balaban J connectivity index is 3.10. The highest BCUT2D eigenvalue weighted by Gasteiger charge is 2.24. The van der Waals surface area contributed by atoms with E-state index in [1.807, 2.05) is 0 Å². The van der Waals surface area contributed by atoms with Crippen molar-refractivity contribution < 1.29 is 22.7 Å². The van der Waals surface area contributed by atoms with Gasteiger partial charge in [0, 0.05) is 0 Å². The van der Waals surface area contributed by atoms with Crippen molar-refractivity contribution in [2.75, 3.05) is 5.75 Å². The van der Waals surface area contributed by atoms with Gasteiger partial charge < -0.3 is 5.11 Å². The lowest BCUT2D eigenvalue weighted by Crippen LogP contribution is -2.21. The number of aliphatic carboxylic acids is 1. The van der Waals surface area contributed by atoms with Gasteiger partial charge >= 0.3 is 5.97 Å². The summed E-state index contributed by atoms with van der Waals surface area (Å²) >= 11 is 0. The number of hydrogen-bond acceptors (Lipinski definition) is 3. The van der Waals surface area contributed by atoms with Crippen molar-refractivity contribution >= 4 is 15.8 Å². The Kier molecular flexibility index (Phi) is 3.87. The molecule has 0 fully saturated rings. The van der Waals surface area contributed by atoms with Gasteiger partial charge in [-0.15, -0.1) is 0 Å². The van der Waals surface area contributed by atoms with E-state index in [-0.39, 0.29) is 10.5 Å². The lowest BCUT2D eigenvalue weighted by atomic mass is 10.2. The van der Waals surface area contributed by atoms with E-state index in [1.54, 1.807) is 0 Å². The predicted octanol–water partition coefficient (Wildman–Crippen LogP) is 1.63. The summed E-state index contributed by atoms with van der Waals surface area (Å²) in [5.74, 6) is -3.18. The monoisotopic (exact) mass is 260 g/mol. The van der Waals surface area contributed by atoms with Crippen LogP contribution in [0, 0.1) is 18.7 Å². The average molecular weight is 260 g/mol. The van der Waals surface area contributed by atoms with Gasteiger partial charge in [-0.1, -0.05) is 6.92 Å². The Labute approximate surface area is 99.0 Å². The maximum Gasteiger partial charge on any atom is 0.307 e. The second-order valence-electron chi connectivity index (χ2n) is 3.93. The van der Waals surface area contributed by atoms with Gasteiger partial charge in [0.05, 0.1) is 16.6 Å². The fourth-order valence-corrected chi connectivity index (χ4v) is 3.26. The molecule has 0 aliphatic rings. The van der Waals surface area contributed by atoms with Crippen LogP contribution in [-0.4, -0.2) is 25.2 Å². The fourth-order valence-electron chi connectivity index (χ4n) is 1.45. The molecule has 0 heterocycles. The van der Waals surface area contributed by atoms with Crippen LogP contribution >= 0.6 is 0 Å². The average Bonchev–Trinajstić information content (AvgIpc) is 2.15. The first-order valence-electron chi connectivity index (χ1n) is 4.96. The highest BCUT2D eigenvalue weighted by atomic mass is 32.2. The first-order chi connectivity index (χ1) is 7.74. The number of benzene rings is 1. The van der Waals surface area contributed by atoms with Crippen LogP contribution in [0.4, 0.5) is 4.39 Å². The molecule has 1 N–H and O–H groups in total. The van der Waals surface area contributed by atoms with E-state index in [9.17, 15) is 17.6 Å². The molecule has 0 aromatic heterocycles. The van der Waals surface area contributed by atoms with Crippen LogP contribution in [-0.2, 0) is 14.6 Å². The molecule has 1 atom stereocenters. The Hall–Kier alpha value is -1.43. The van der Waals surface area contributed by atoms with Gasteiger partial charge in [-0.2, -0.15) is 0 Å². The minimum absolute atomic E-state index is 0.0213. The summed E-state index contributed by atoms with van der Waals surface area (Å²) in [7, 11) is -3.70. The van der Waals surface area contributed by atoms with Crippen LogP contribution in [0.25, 0.3) is 0 Å². The Morgan fingerprint density at radius 1 is 1.47 bits per heavy atom. The SMILES string of the molecule is Cc1cc(F)ccc1S(=O)(=O)CC(C)C(=O)O. The normalized spacial score (nSPS) is 13.4. The Morgan fingerprint density at radius 2 is 2.06 bits per heavy atom. The Bertz CT molecular complexity index is 536. The molecule has 0 spiro atoms. The van der Waals surface area contributed by atoms with Crippen LogP contribution in [0.2, 0.25) is 0 Å². The van der Waals surface area contributed by atoms with E-state index in [1.165, 1.54) is 13.8 Å². The van der Waals surface area contributed by atoms with Crippen LogP contribution in [0.1, 0.15) is 12.5 Å². The predicted molar refractivity (Wildman–Crippen MR) is 60.0 cm³/mol. The van der Waals surface area contributed by atoms with Crippen molar-refractivity contribution in [3.05, 3.63) is 29.6 Å². The maximum absolute atomic E-state index is 12.8. The molecule has 0 aliphatic heterocycles. The molecule has 1 rings (SSSR count). The van der Waals surface area contributed by atoms with E-state index >= 15 is 0 Å². The first kappa shape index (κ1) is 13.6. The van der Waals surface area contributed by atoms with Gasteiger partial charge in [0.1, 0.15) is 5.82 Å². The molecular formula is C11H13FO4S. The van der Waals surface area contributed by atoms with Crippen molar-refractivity contribution in [3.8, 4) is 0 Å². The fraction of sp³-hybridized carbons (Fsp3) is 0.364. The topological polar surface area (TPSA) is 71.4 Å². The molecule has 1 aromatic rings. The molecule has 0 radical (unpaired) electrons. The minimum atomic E-state index is -3.70. The van der Waals surface area contributed by atoms with E-state index in [0.29, 0.717) is 0 Å². The largest absolute Gasteiger partial charge is 0.481 e. The van der Waals surface area contributed by atoms with Gasteiger partial charge in [0.25, 0.3) is 0 Å². The molecule has 0 saturated heterocycles. The van der Waals surface area contributed by atoms with Crippen molar-refractivity contribution in [2.45, 2.75) is 18.7 Å². The molecule has 94 valence electrons. The van der Waals surface area contributed by atoms with E-state index in [0.717, 1.165) is 18.2 Å². The highest BCUT2D eigenvalue weighted by Crippen LogP contribution is 2.19. The van der Waals surface area contributed by atoms with Crippen LogP contribution in [0.3, 0.4) is 0 Å². The maximum atomic E-state index is 12.8. The third kappa shape index (κ3) is 3.26. The third-order valence-corrected chi connectivity index (χ3v) is 4.43.